The fraction of sp³-hybridized carbons (Fsp3) is 0.0800. The van der Waals surface area contributed by atoms with Gasteiger partial charge in [0, 0.05) is 20.8 Å². The molecule has 0 saturated carbocycles. The molecule has 3 aromatic carbocycles. The Hall–Kier alpha value is -3.19. The highest BCUT2D eigenvalue weighted by Crippen LogP contribution is 2.38. The zero-order valence-electron chi connectivity index (χ0n) is 17.3. The third kappa shape index (κ3) is 3.70. The van der Waals surface area contributed by atoms with E-state index in [9.17, 15) is 14.4 Å². The van der Waals surface area contributed by atoms with E-state index < -0.39 is 17.7 Å². The van der Waals surface area contributed by atoms with Crippen LogP contribution in [0.2, 0.25) is 10.0 Å². The molecule has 1 aliphatic heterocycles. The highest BCUT2D eigenvalue weighted by molar-refractivity contribution is 7.21. The lowest BCUT2D eigenvalue weighted by atomic mass is 10.1. The Morgan fingerprint density at radius 3 is 2.30 bits per heavy atom. The van der Waals surface area contributed by atoms with Gasteiger partial charge in [-0.25, -0.2) is 0 Å². The number of halogens is 2. The van der Waals surface area contributed by atoms with Gasteiger partial charge in [-0.1, -0.05) is 53.5 Å². The minimum Gasteiger partial charge on any atom is -0.289 e. The van der Waals surface area contributed by atoms with Crippen molar-refractivity contribution >= 4 is 68.0 Å². The van der Waals surface area contributed by atoms with Gasteiger partial charge in [0.1, 0.15) is 11.5 Å². The molecule has 0 radical (unpaired) electrons. The Kier molecular flexibility index (Phi) is 5.44. The molecule has 8 heteroatoms. The van der Waals surface area contributed by atoms with E-state index in [0.29, 0.717) is 31.7 Å². The normalized spacial score (nSPS) is 13.0. The summed E-state index contributed by atoms with van der Waals surface area (Å²) in [6.07, 6.45) is 0. The zero-order valence-corrected chi connectivity index (χ0v) is 19.7. The summed E-state index contributed by atoms with van der Waals surface area (Å²) in [6.45, 7) is 1.67. The number of thiophene rings is 1. The summed E-state index contributed by atoms with van der Waals surface area (Å²) < 4.78 is 0.778. The Morgan fingerprint density at radius 1 is 0.939 bits per heavy atom. The van der Waals surface area contributed by atoms with Gasteiger partial charge in [-0.2, -0.15) is 0 Å². The van der Waals surface area contributed by atoms with Crippen molar-refractivity contribution in [2.75, 3.05) is 11.6 Å². The van der Waals surface area contributed by atoms with E-state index in [1.165, 1.54) is 16.2 Å². The first-order chi connectivity index (χ1) is 15.8. The molecule has 3 amide bonds. The minimum absolute atomic E-state index is 0.236. The van der Waals surface area contributed by atoms with E-state index in [2.05, 4.69) is 0 Å². The van der Waals surface area contributed by atoms with Gasteiger partial charge < -0.3 is 0 Å². The highest BCUT2D eigenvalue weighted by atomic mass is 35.5. The number of hydrogen-bond acceptors (Lipinski definition) is 4. The molecule has 1 aromatic heterocycles. The van der Waals surface area contributed by atoms with Gasteiger partial charge in [0.05, 0.1) is 16.1 Å². The monoisotopic (exact) mass is 494 g/mol. The number of amides is 3. The van der Waals surface area contributed by atoms with E-state index in [1.54, 1.807) is 48.5 Å². The summed E-state index contributed by atoms with van der Waals surface area (Å²) >= 11 is 13.9. The number of anilines is 1. The highest BCUT2D eigenvalue weighted by Gasteiger charge is 2.38. The molecular weight excluding hydrogens is 479 g/mol. The fourth-order valence-electron chi connectivity index (χ4n) is 3.87. The van der Waals surface area contributed by atoms with Crippen molar-refractivity contribution < 1.29 is 14.4 Å². The Labute approximate surface area is 203 Å². The van der Waals surface area contributed by atoms with E-state index in [-0.39, 0.29) is 6.67 Å². The summed E-state index contributed by atoms with van der Waals surface area (Å²) in [4.78, 5) is 42.5. The second-order valence-electron chi connectivity index (χ2n) is 7.68. The standard InChI is InChI=1S/C25H16Cl2N2O3S/c1-14-5-4-6-16(11-14)28(13-29-23(30)17-7-2-3-8-18(17)24(29)31)25(32)22-21(27)19-10-9-15(26)12-20(19)33-22/h2-12H,13H2,1H3. The number of carbonyl (C=O) groups excluding carboxylic acids is 3. The van der Waals surface area contributed by atoms with Crippen LogP contribution in [0.25, 0.3) is 10.1 Å². The molecule has 0 saturated heterocycles. The lowest BCUT2D eigenvalue weighted by Crippen LogP contribution is -2.44. The predicted molar refractivity (Wildman–Crippen MR) is 132 cm³/mol. The molecule has 0 fully saturated rings. The molecule has 164 valence electrons. The van der Waals surface area contributed by atoms with Crippen LogP contribution in [0.5, 0.6) is 0 Å². The van der Waals surface area contributed by atoms with Crippen LogP contribution in [0.4, 0.5) is 5.69 Å². The lowest BCUT2D eigenvalue weighted by molar-refractivity contribution is 0.0650. The van der Waals surface area contributed by atoms with Crippen molar-refractivity contribution in [3.05, 3.63) is 98.3 Å². The van der Waals surface area contributed by atoms with Crippen LogP contribution in [0, 0.1) is 6.92 Å². The summed E-state index contributed by atoms with van der Waals surface area (Å²) in [5, 5.41) is 1.58. The first kappa shape index (κ1) is 21.6. The zero-order chi connectivity index (χ0) is 23.3. The van der Waals surface area contributed by atoms with Crippen molar-refractivity contribution in [3.63, 3.8) is 0 Å². The van der Waals surface area contributed by atoms with Crippen LogP contribution in [-0.2, 0) is 0 Å². The van der Waals surface area contributed by atoms with E-state index in [1.807, 2.05) is 25.1 Å². The van der Waals surface area contributed by atoms with E-state index >= 15 is 0 Å². The van der Waals surface area contributed by atoms with Crippen LogP contribution in [0.3, 0.4) is 0 Å². The number of aryl methyl sites for hydroxylation is 1. The molecule has 0 aliphatic carbocycles. The van der Waals surface area contributed by atoms with Crippen LogP contribution in [-0.4, -0.2) is 29.3 Å². The Morgan fingerprint density at radius 2 is 1.64 bits per heavy atom. The van der Waals surface area contributed by atoms with Crippen LogP contribution >= 0.6 is 34.5 Å². The average molecular weight is 495 g/mol. The summed E-state index contributed by atoms with van der Waals surface area (Å²) in [7, 11) is 0. The Balaban J connectivity index is 1.58. The fourth-order valence-corrected chi connectivity index (χ4v) is 5.60. The number of nitrogens with zero attached hydrogens (tertiary/aromatic N) is 2. The summed E-state index contributed by atoms with van der Waals surface area (Å²) in [5.74, 6) is -1.27. The van der Waals surface area contributed by atoms with Crippen LogP contribution in [0.1, 0.15) is 36.0 Å². The molecule has 1 aliphatic rings. The first-order valence-electron chi connectivity index (χ1n) is 10.1. The second-order valence-corrected chi connectivity index (χ2v) is 9.55. The molecule has 0 bridgehead atoms. The van der Waals surface area contributed by atoms with Gasteiger partial charge in [-0.05, 0) is 48.9 Å². The Bertz CT molecular complexity index is 1430. The average Bonchev–Trinajstić information content (AvgIpc) is 3.25. The van der Waals surface area contributed by atoms with Crippen molar-refractivity contribution in [2.24, 2.45) is 0 Å². The van der Waals surface area contributed by atoms with Crippen molar-refractivity contribution in [2.45, 2.75) is 6.92 Å². The summed E-state index contributed by atoms with van der Waals surface area (Å²) in [6, 6.07) is 19.2. The predicted octanol–water partition coefficient (Wildman–Crippen LogP) is 6.42. The molecule has 33 heavy (non-hydrogen) atoms. The molecule has 0 N–H and O–H groups in total. The topological polar surface area (TPSA) is 57.7 Å². The molecule has 0 unspecified atom stereocenters. The van der Waals surface area contributed by atoms with Crippen LogP contribution in [0.15, 0.2) is 66.7 Å². The lowest BCUT2D eigenvalue weighted by Gasteiger charge is -2.27. The van der Waals surface area contributed by atoms with Gasteiger partial charge in [0.2, 0.25) is 0 Å². The first-order valence-corrected chi connectivity index (χ1v) is 11.6. The molecule has 4 aromatic rings. The third-order valence-corrected chi connectivity index (χ3v) is 7.39. The maximum absolute atomic E-state index is 13.8. The molecule has 5 nitrogen and oxygen atoms in total. The van der Waals surface area contributed by atoms with Crippen molar-refractivity contribution in [3.8, 4) is 0 Å². The smallest absolute Gasteiger partial charge is 0.271 e. The number of fused-ring (bicyclic) bond motifs is 2. The van der Waals surface area contributed by atoms with Crippen molar-refractivity contribution in [1.82, 2.24) is 4.90 Å². The second kappa shape index (κ2) is 8.30. The van der Waals surface area contributed by atoms with Gasteiger partial charge >= 0.3 is 0 Å². The van der Waals surface area contributed by atoms with Crippen molar-refractivity contribution in [1.29, 1.82) is 0 Å². The number of hydrogen-bond donors (Lipinski definition) is 0. The molecule has 0 atom stereocenters. The SMILES string of the molecule is Cc1cccc(N(CN2C(=O)c3ccccc3C2=O)C(=O)c2sc3cc(Cl)ccc3c2Cl)c1. The maximum atomic E-state index is 13.8. The number of benzene rings is 3. The molecule has 0 spiro atoms. The van der Waals surface area contributed by atoms with Gasteiger partial charge in [-0.3, -0.25) is 24.2 Å². The van der Waals surface area contributed by atoms with Gasteiger partial charge in [-0.15, -0.1) is 11.3 Å². The molecule has 5 rings (SSSR count). The van der Waals surface area contributed by atoms with Crippen LogP contribution < -0.4 is 4.90 Å². The van der Waals surface area contributed by atoms with Gasteiger partial charge in [0.25, 0.3) is 17.7 Å². The molecule has 2 heterocycles. The maximum Gasteiger partial charge on any atom is 0.271 e. The minimum atomic E-state index is -0.435. The number of rotatable bonds is 4. The van der Waals surface area contributed by atoms with E-state index in [4.69, 9.17) is 23.2 Å². The number of carbonyl (C=O) groups is 3. The number of imide groups is 1. The third-order valence-electron chi connectivity index (χ3n) is 5.51. The quantitative estimate of drug-likeness (QED) is 0.307. The summed E-state index contributed by atoms with van der Waals surface area (Å²) in [5.41, 5.74) is 2.15. The van der Waals surface area contributed by atoms with Gasteiger partial charge in [0.15, 0.2) is 0 Å². The molecular formula is C25H16Cl2N2O3S. The van der Waals surface area contributed by atoms with E-state index in [0.717, 1.165) is 20.5 Å². The largest absolute Gasteiger partial charge is 0.289 e.